The van der Waals surface area contributed by atoms with E-state index >= 15 is 0 Å². The van der Waals surface area contributed by atoms with Crippen molar-refractivity contribution in [3.05, 3.63) is 107 Å². The topological polar surface area (TPSA) is 143 Å². The smallest absolute Gasteiger partial charge is 0.407 e. The molecule has 42 heavy (non-hydrogen) atoms. The lowest BCUT2D eigenvalue weighted by Crippen LogP contribution is -2.56. The van der Waals surface area contributed by atoms with Crippen LogP contribution in [0.4, 0.5) is 4.79 Å². The van der Waals surface area contributed by atoms with E-state index in [-0.39, 0.29) is 19.0 Å². The van der Waals surface area contributed by atoms with E-state index in [9.17, 15) is 19.8 Å². The van der Waals surface area contributed by atoms with Gasteiger partial charge in [0.2, 0.25) is 0 Å². The van der Waals surface area contributed by atoms with Gasteiger partial charge in [-0.1, -0.05) is 85.3 Å². The summed E-state index contributed by atoms with van der Waals surface area (Å²) in [5, 5.41) is 27.7. The number of hydrogen-bond donors (Lipinski definition) is 5. The maximum Gasteiger partial charge on any atom is 0.407 e. The summed E-state index contributed by atoms with van der Waals surface area (Å²) in [6.45, 7) is 3.92. The van der Waals surface area contributed by atoms with Crippen molar-refractivity contribution in [1.29, 1.82) is 0 Å². The van der Waals surface area contributed by atoms with Gasteiger partial charge in [0.1, 0.15) is 19.4 Å². The van der Waals surface area contributed by atoms with Gasteiger partial charge in [-0.15, -0.1) is 0 Å². The highest BCUT2D eigenvalue weighted by molar-refractivity contribution is 5.85. The number of nitrogens with two attached hydrogens (primary N) is 1. The minimum atomic E-state index is -1.29. The highest BCUT2D eigenvalue weighted by Crippen LogP contribution is 2.23. The quantitative estimate of drug-likeness (QED) is 0.120. The Morgan fingerprint density at radius 2 is 1.48 bits per heavy atom. The van der Waals surface area contributed by atoms with Gasteiger partial charge in [0, 0.05) is 5.56 Å². The number of aryl methyl sites for hydroxylation is 2. The van der Waals surface area contributed by atoms with Crippen molar-refractivity contribution in [2.75, 3.05) is 13.2 Å². The Morgan fingerprint density at radius 1 is 0.857 bits per heavy atom. The van der Waals surface area contributed by atoms with Crippen molar-refractivity contribution in [2.24, 2.45) is 5.73 Å². The van der Waals surface area contributed by atoms with Gasteiger partial charge in [-0.05, 0) is 61.9 Å². The lowest BCUT2D eigenvalue weighted by molar-refractivity contribution is -0.143. The number of alkyl carbamates (subject to hydrolysis) is 1. The van der Waals surface area contributed by atoms with Gasteiger partial charge in [0.25, 0.3) is 0 Å². The van der Waals surface area contributed by atoms with E-state index in [1.807, 2.05) is 92.7 Å². The second-order valence-electron chi connectivity index (χ2n) is 10.4. The Bertz CT molecular complexity index is 1220. The van der Waals surface area contributed by atoms with Crippen molar-refractivity contribution in [3.63, 3.8) is 0 Å². The molecule has 0 spiro atoms. The second-order valence-corrected chi connectivity index (χ2v) is 10.4. The van der Waals surface area contributed by atoms with Crippen molar-refractivity contribution in [3.8, 4) is 0 Å². The summed E-state index contributed by atoms with van der Waals surface area (Å²) < 4.78 is 11.0. The SMILES string of the molecule is Cc1cccc(C)c1C(O)OCC(=O)[C@H](CCCCN)NC(O)[C@H](Cc1ccccc1)NC(=O)OCc1ccccc1. The number of Topliss-reactive ketones (excluding diaryl/α,β-unsaturated/α-hetero) is 1. The predicted molar refractivity (Wildman–Crippen MR) is 161 cm³/mol. The molecule has 0 aliphatic carbocycles. The number of rotatable bonds is 17. The zero-order valence-electron chi connectivity index (χ0n) is 24.4. The molecule has 1 amide bonds. The predicted octanol–water partition coefficient (Wildman–Crippen LogP) is 3.82. The Kier molecular flexibility index (Phi) is 13.6. The third-order valence-electron chi connectivity index (χ3n) is 7.08. The average molecular weight is 578 g/mol. The van der Waals surface area contributed by atoms with Gasteiger partial charge >= 0.3 is 6.09 Å². The first-order valence-electron chi connectivity index (χ1n) is 14.3. The number of nitrogens with one attached hydrogen (secondary N) is 2. The summed E-state index contributed by atoms with van der Waals surface area (Å²) in [6, 6.07) is 22.7. The van der Waals surface area contributed by atoms with Crippen molar-refractivity contribution in [1.82, 2.24) is 10.6 Å². The summed E-state index contributed by atoms with van der Waals surface area (Å²) in [4.78, 5) is 26.0. The van der Waals surface area contributed by atoms with E-state index < -0.39 is 30.7 Å². The molecular formula is C33H43N3O6. The number of hydrogen-bond acceptors (Lipinski definition) is 8. The van der Waals surface area contributed by atoms with Crippen LogP contribution in [-0.4, -0.2) is 53.6 Å². The van der Waals surface area contributed by atoms with Crippen LogP contribution in [0.15, 0.2) is 78.9 Å². The maximum atomic E-state index is 13.3. The van der Waals surface area contributed by atoms with Crippen molar-refractivity contribution in [2.45, 2.75) is 70.7 Å². The molecule has 9 nitrogen and oxygen atoms in total. The monoisotopic (exact) mass is 577 g/mol. The summed E-state index contributed by atoms with van der Waals surface area (Å²) in [5.74, 6) is -0.332. The number of carbonyl (C=O) groups excluding carboxylic acids is 2. The first-order valence-corrected chi connectivity index (χ1v) is 14.3. The fourth-order valence-electron chi connectivity index (χ4n) is 4.74. The van der Waals surface area contributed by atoms with E-state index in [0.29, 0.717) is 37.8 Å². The molecule has 0 fully saturated rings. The second kappa shape index (κ2) is 17.4. The van der Waals surface area contributed by atoms with Crippen LogP contribution in [-0.2, 0) is 27.3 Å². The molecule has 0 saturated heterocycles. The van der Waals surface area contributed by atoms with E-state index in [0.717, 1.165) is 22.3 Å². The molecule has 9 heteroatoms. The van der Waals surface area contributed by atoms with Crippen LogP contribution in [0.2, 0.25) is 0 Å². The molecule has 0 heterocycles. The van der Waals surface area contributed by atoms with Crippen LogP contribution in [0.3, 0.4) is 0 Å². The minimum absolute atomic E-state index is 0.0779. The number of unbranched alkanes of at least 4 members (excludes halogenated alkanes) is 1. The number of amides is 1. The first-order chi connectivity index (χ1) is 20.3. The maximum absolute atomic E-state index is 13.3. The van der Waals surface area contributed by atoms with Crippen LogP contribution in [0.5, 0.6) is 0 Å². The van der Waals surface area contributed by atoms with E-state index in [4.69, 9.17) is 15.2 Å². The van der Waals surface area contributed by atoms with Crippen LogP contribution in [0.25, 0.3) is 0 Å². The van der Waals surface area contributed by atoms with Gasteiger partial charge in [0.15, 0.2) is 12.1 Å². The molecule has 3 rings (SSSR count). The number of benzene rings is 3. The number of carbonyl (C=O) groups is 2. The summed E-state index contributed by atoms with van der Waals surface area (Å²) in [6.07, 6.45) is -1.21. The largest absolute Gasteiger partial charge is 0.445 e. The van der Waals surface area contributed by atoms with Gasteiger partial charge in [-0.25, -0.2) is 4.79 Å². The molecule has 4 atom stereocenters. The Hall–Kier alpha value is -3.60. The van der Waals surface area contributed by atoms with E-state index in [2.05, 4.69) is 10.6 Å². The molecule has 0 aliphatic heterocycles. The Labute approximate surface area is 248 Å². The molecule has 226 valence electrons. The molecule has 0 bridgehead atoms. The first kappa shape index (κ1) is 32.9. The molecule has 0 aromatic heterocycles. The molecular weight excluding hydrogens is 534 g/mol. The highest BCUT2D eigenvalue weighted by atomic mass is 16.6. The normalized spacial score (nSPS) is 14.0. The summed E-state index contributed by atoms with van der Waals surface area (Å²) in [5.41, 5.74) is 9.73. The minimum Gasteiger partial charge on any atom is -0.445 e. The van der Waals surface area contributed by atoms with Gasteiger partial charge in [-0.2, -0.15) is 0 Å². The molecule has 0 aliphatic rings. The molecule has 0 radical (unpaired) electrons. The standard InChI is InChI=1S/C33H43N3O6/c1-23-12-11-13-24(2)30(23)32(39)41-22-29(37)27(18-9-10-19-34)35-31(38)28(20-25-14-5-3-6-15-25)36-33(40)42-21-26-16-7-4-8-17-26/h3-8,11-17,27-28,31-32,35,38-39H,9-10,18-22,34H2,1-2H3,(H,36,40)/t27-,28-,31?,32?/m0/s1. The fraction of sp³-hybridized carbons (Fsp3) is 0.394. The van der Waals surface area contributed by atoms with Gasteiger partial charge in [-0.3, -0.25) is 10.1 Å². The molecule has 0 saturated carbocycles. The third kappa shape index (κ3) is 10.7. The molecule has 3 aromatic carbocycles. The fourth-order valence-corrected chi connectivity index (χ4v) is 4.74. The Balaban J connectivity index is 1.68. The van der Waals surface area contributed by atoms with Crippen LogP contribution in [0.1, 0.15) is 53.4 Å². The number of ether oxygens (including phenoxy) is 2. The van der Waals surface area contributed by atoms with E-state index in [1.165, 1.54) is 0 Å². The molecule has 6 N–H and O–H groups in total. The zero-order valence-corrected chi connectivity index (χ0v) is 24.4. The molecule has 2 unspecified atom stereocenters. The van der Waals surface area contributed by atoms with E-state index in [1.54, 1.807) is 0 Å². The average Bonchev–Trinajstić information content (AvgIpc) is 2.99. The Morgan fingerprint density at radius 3 is 2.10 bits per heavy atom. The summed E-state index contributed by atoms with van der Waals surface area (Å²) in [7, 11) is 0. The van der Waals surface area contributed by atoms with Crippen LogP contribution < -0.4 is 16.4 Å². The number of aliphatic hydroxyl groups is 2. The highest BCUT2D eigenvalue weighted by Gasteiger charge is 2.28. The van der Waals surface area contributed by atoms with Crippen LogP contribution >= 0.6 is 0 Å². The summed E-state index contributed by atoms with van der Waals surface area (Å²) >= 11 is 0. The van der Waals surface area contributed by atoms with Crippen LogP contribution in [0, 0.1) is 13.8 Å². The van der Waals surface area contributed by atoms with Crippen molar-refractivity contribution >= 4 is 11.9 Å². The lowest BCUT2D eigenvalue weighted by Gasteiger charge is -2.29. The van der Waals surface area contributed by atoms with Gasteiger partial charge in [0.05, 0.1) is 12.1 Å². The van der Waals surface area contributed by atoms with Gasteiger partial charge < -0.3 is 30.7 Å². The number of ketones is 1. The lowest BCUT2D eigenvalue weighted by atomic mass is 10.0. The zero-order chi connectivity index (χ0) is 30.3. The third-order valence-corrected chi connectivity index (χ3v) is 7.08. The van der Waals surface area contributed by atoms with Crippen molar-refractivity contribution < 1.29 is 29.3 Å². The molecule has 3 aromatic rings. The number of aliphatic hydroxyl groups excluding tert-OH is 2.